The van der Waals surface area contributed by atoms with E-state index in [2.05, 4.69) is 0 Å². The summed E-state index contributed by atoms with van der Waals surface area (Å²) in [4.78, 5) is 21.9. The molecule has 0 bridgehead atoms. The van der Waals surface area contributed by atoms with Crippen LogP contribution in [-0.4, -0.2) is 36.5 Å². The first-order chi connectivity index (χ1) is 8.32. The lowest BCUT2D eigenvalue weighted by molar-refractivity contribution is -0.137. The van der Waals surface area contributed by atoms with Crippen LogP contribution in [0.2, 0.25) is 0 Å². The molecule has 18 heavy (non-hydrogen) atoms. The molecule has 0 heterocycles. The van der Waals surface area contributed by atoms with Crippen molar-refractivity contribution in [3.8, 4) is 0 Å². The molecule has 3 N–H and O–H groups in total. The maximum atomic E-state index is 11.6. The van der Waals surface area contributed by atoms with Crippen molar-refractivity contribution >= 4 is 22.0 Å². The second-order valence-electron chi connectivity index (χ2n) is 3.42. The third-order valence-electron chi connectivity index (χ3n) is 2.05. The predicted octanol–water partition coefficient (Wildman–Crippen LogP) is -0.184. The van der Waals surface area contributed by atoms with E-state index < -0.39 is 33.8 Å². The fraction of sp³-hybridized carbons (Fsp3) is 0.200. The van der Waals surface area contributed by atoms with E-state index in [0.29, 0.717) is 0 Å². The maximum Gasteiger partial charge on any atom is 0.322 e. The minimum atomic E-state index is -4.67. The fourth-order valence-corrected chi connectivity index (χ4v) is 2.20. The molecule has 0 saturated carbocycles. The number of nitrogens with one attached hydrogen (secondary N) is 1. The number of amides is 1. The standard InChI is InChI=1S/C10H11NO6S/c12-8(13)6-11-10(14)9(18(15,16)17)7-4-2-1-3-5-7/h1-5,9H,6H2,(H,11,14)(H,12,13)(H,15,16,17). The van der Waals surface area contributed by atoms with Crippen LogP contribution >= 0.6 is 0 Å². The second kappa shape index (κ2) is 5.61. The number of hydrogen-bond acceptors (Lipinski definition) is 4. The number of hydrogen-bond donors (Lipinski definition) is 3. The Balaban J connectivity index is 3.01. The van der Waals surface area contributed by atoms with Crippen molar-refractivity contribution in [3.05, 3.63) is 35.9 Å². The lowest BCUT2D eigenvalue weighted by atomic mass is 10.1. The van der Waals surface area contributed by atoms with Crippen molar-refractivity contribution in [2.75, 3.05) is 6.54 Å². The van der Waals surface area contributed by atoms with Gasteiger partial charge in [0.25, 0.3) is 10.1 Å². The Morgan fingerprint density at radius 3 is 2.22 bits per heavy atom. The molecule has 0 aromatic heterocycles. The molecule has 0 radical (unpaired) electrons. The average molecular weight is 273 g/mol. The van der Waals surface area contributed by atoms with Gasteiger partial charge >= 0.3 is 5.97 Å². The van der Waals surface area contributed by atoms with E-state index >= 15 is 0 Å². The zero-order valence-electron chi connectivity index (χ0n) is 9.11. The number of benzene rings is 1. The minimum absolute atomic E-state index is 0.0582. The third-order valence-corrected chi connectivity index (χ3v) is 3.13. The van der Waals surface area contributed by atoms with Crippen molar-refractivity contribution < 1.29 is 27.7 Å². The molecule has 7 nitrogen and oxygen atoms in total. The molecule has 1 unspecified atom stereocenters. The summed E-state index contributed by atoms with van der Waals surface area (Å²) in [5.41, 5.74) is 0.0582. The van der Waals surface area contributed by atoms with Gasteiger partial charge in [0.15, 0.2) is 5.25 Å². The number of rotatable bonds is 5. The van der Waals surface area contributed by atoms with Gasteiger partial charge in [0.05, 0.1) is 0 Å². The Bertz CT molecular complexity index is 539. The van der Waals surface area contributed by atoms with E-state index in [1.807, 2.05) is 5.32 Å². The lowest BCUT2D eigenvalue weighted by Gasteiger charge is -2.13. The van der Waals surface area contributed by atoms with E-state index in [1.54, 1.807) is 6.07 Å². The predicted molar refractivity (Wildman–Crippen MR) is 61.4 cm³/mol. The fourth-order valence-electron chi connectivity index (χ4n) is 1.34. The van der Waals surface area contributed by atoms with Gasteiger partial charge in [-0.15, -0.1) is 0 Å². The summed E-state index contributed by atoms with van der Waals surface area (Å²) in [6.45, 7) is -0.725. The van der Waals surface area contributed by atoms with Crippen LogP contribution in [0.3, 0.4) is 0 Å². The van der Waals surface area contributed by atoms with Crippen LogP contribution in [0.5, 0.6) is 0 Å². The van der Waals surface area contributed by atoms with Gasteiger partial charge in [-0.1, -0.05) is 30.3 Å². The summed E-state index contributed by atoms with van der Waals surface area (Å²) >= 11 is 0. The maximum absolute atomic E-state index is 11.6. The molecule has 0 aliphatic carbocycles. The van der Waals surface area contributed by atoms with Crippen LogP contribution in [0.25, 0.3) is 0 Å². The monoisotopic (exact) mass is 273 g/mol. The first kappa shape index (κ1) is 14.1. The van der Waals surface area contributed by atoms with E-state index in [1.165, 1.54) is 24.3 Å². The summed E-state index contributed by atoms with van der Waals surface area (Å²) < 4.78 is 31.4. The lowest BCUT2D eigenvalue weighted by Crippen LogP contribution is -2.36. The van der Waals surface area contributed by atoms with Crippen LogP contribution in [0, 0.1) is 0 Å². The molecule has 1 amide bonds. The van der Waals surface area contributed by atoms with Crippen molar-refractivity contribution in [2.24, 2.45) is 0 Å². The summed E-state index contributed by atoms with van der Waals surface area (Å²) in [6, 6.07) is 7.30. The average Bonchev–Trinajstić information content (AvgIpc) is 2.26. The summed E-state index contributed by atoms with van der Waals surface area (Å²) in [5.74, 6) is -2.41. The van der Waals surface area contributed by atoms with Crippen molar-refractivity contribution in [1.82, 2.24) is 5.32 Å². The summed E-state index contributed by atoms with van der Waals surface area (Å²) in [5, 5.41) is 8.47. The minimum Gasteiger partial charge on any atom is -0.480 e. The normalized spacial score (nSPS) is 12.7. The van der Waals surface area contributed by atoms with Crippen molar-refractivity contribution in [1.29, 1.82) is 0 Å². The van der Waals surface area contributed by atoms with Gasteiger partial charge in [-0.2, -0.15) is 8.42 Å². The Kier molecular flexibility index (Phi) is 4.40. The zero-order chi connectivity index (χ0) is 13.8. The Morgan fingerprint density at radius 2 is 1.78 bits per heavy atom. The molecular weight excluding hydrogens is 262 g/mol. The third kappa shape index (κ3) is 3.82. The molecule has 1 aromatic rings. The topological polar surface area (TPSA) is 121 Å². The Labute approximate surface area is 103 Å². The molecule has 0 saturated heterocycles. The Hall–Kier alpha value is -1.93. The van der Waals surface area contributed by atoms with Gasteiger partial charge in [0.2, 0.25) is 5.91 Å². The van der Waals surface area contributed by atoms with Crippen molar-refractivity contribution in [2.45, 2.75) is 5.25 Å². The molecule has 0 spiro atoms. The highest BCUT2D eigenvalue weighted by Gasteiger charge is 2.32. The number of carbonyl (C=O) groups excluding carboxylic acids is 1. The van der Waals surface area contributed by atoms with Crippen LogP contribution in [0.4, 0.5) is 0 Å². The van der Waals surface area contributed by atoms with Crippen LogP contribution < -0.4 is 5.32 Å². The van der Waals surface area contributed by atoms with Gasteiger partial charge in [0, 0.05) is 0 Å². The smallest absolute Gasteiger partial charge is 0.322 e. The largest absolute Gasteiger partial charge is 0.480 e. The van der Waals surface area contributed by atoms with Crippen LogP contribution in [-0.2, 0) is 19.7 Å². The summed E-state index contributed by atoms with van der Waals surface area (Å²) in [6.07, 6.45) is 0. The van der Waals surface area contributed by atoms with Gasteiger partial charge in [-0.25, -0.2) is 0 Å². The SMILES string of the molecule is O=C(O)CNC(=O)C(c1ccccc1)S(=O)(=O)O. The molecule has 0 aliphatic rings. The Morgan fingerprint density at radius 1 is 1.22 bits per heavy atom. The molecule has 0 aliphatic heterocycles. The first-order valence-corrected chi connectivity index (χ1v) is 6.33. The number of carboxylic acids is 1. The highest BCUT2D eigenvalue weighted by molar-refractivity contribution is 7.86. The summed E-state index contributed by atoms with van der Waals surface area (Å²) in [7, 11) is -4.67. The highest BCUT2D eigenvalue weighted by atomic mass is 32.2. The van der Waals surface area contributed by atoms with E-state index in [-0.39, 0.29) is 5.56 Å². The molecule has 0 fully saturated rings. The molecule has 1 aromatic carbocycles. The second-order valence-corrected chi connectivity index (χ2v) is 4.92. The molecule has 1 rings (SSSR count). The molecule has 8 heteroatoms. The van der Waals surface area contributed by atoms with Crippen molar-refractivity contribution in [3.63, 3.8) is 0 Å². The van der Waals surface area contributed by atoms with E-state index in [4.69, 9.17) is 9.66 Å². The quantitative estimate of drug-likeness (QED) is 0.640. The number of aliphatic carboxylic acids is 1. The van der Waals surface area contributed by atoms with Gasteiger partial charge in [-0.05, 0) is 5.56 Å². The number of carboxylic acid groups (broad SMARTS) is 1. The zero-order valence-corrected chi connectivity index (χ0v) is 9.92. The molecule has 1 atom stereocenters. The number of carbonyl (C=O) groups is 2. The molecule has 98 valence electrons. The van der Waals surface area contributed by atoms with Gasteiger partial charge in [0.1, 0.15) is 6.54 Å². The van der Waals surface area contributed by atoms with Gasteiger partial charge in [-0.3, -0.25) is 14.1 Å². The van der Waals surface area contributed by atoms with Gasteiger partial charge < -0.3 is 10.4 Å². The molecular formula is C10H11NO6S. The highest BCUT2D eigenvalue weighted by Crippen LogP contribution is 2.21. The first-order valence-electron chi connectivity index (χ1n) is 4.83. The van der Waals surface area contributed by atoms with Crippen LogP contribution in [0.1, 0.15) is 10.8 Å². The van der Waals surface area contributed by atoms with E-state index in [9.17, 15) is 18.0 Å². The van der Waals surface area contributed by atoms with E-state index in [0.717, 1.165) is 0 Å². The van der Waals surface area contributed by atoms with Crippen LogP contribution in [0.15, 0.2) is 30.3 Å².